The van der Waals surface area contributed by atoms with Crippen LogP contribution in [0, 0.1) is 10.1 Å². The standard InChI is InChI=1S/C15H19N3O4S/c1-23(21,22)15-10-12(18(19)20)4-5-14(15)17-9-6-13(11-17)16-7-2-3-8-16/h2-5,10,13H,6-9,11H2,1H3/t13-/m0/s1. The highest BCUT2D eigenvalue weighted by Crippen LogP contribution is 2.32. The highest BCUT2D eigenvalue weighted by atomic mass is 32.2. The molecule has 1 saturated heterocycles. The fourth-order valence-corrected chi connectivity index (χ4v) is 4.14. The molecule has 0 saturated carbocycles. The van der Waals surface area contributed by atoms with Crippen LogP contribution in [0.1, 0.15) is 6.42 Å². The summed E-state index contributed by atoms with van der Waals surface area (Å²) in [4.78, 5) is 14.8. The quantitative estimate of drug-likeness (QED) is 0.470. The van der Waals surface area contributed by atoms with Gasteiger partial charge in [-0.05, 0) is 12.5 Å². The van der Waals surface area contributed by atoms with Crippen molar-refractivity contribution in [2.24, 2.45) is 0 Å². The smallest absolute Gasteiger partial charge is 0.270 e. The molecule has 23 heavy (non-hydrogen) atoms. The van der Waals surface area contributed by atoms with E-state index in [9.17, 15) is 18.5 Å². The molecule has 1 aromatic rings. The summed E-state index contributed by atoms with van der Waals surface area (Å²) >= 11 is 0. The minimum absolute atomic E-state index is 0.0342. The second-order valence-corrected chi connectivity index (χ2v) is 7.98. The largest absolute Gasteiger partial charge is 0.369 e. The zero-order chi connectivity index (χ0) is 16.6. The number of sulfone groups is 1. The lowest BCUT2D eigenvalue weighted by Gasteiger charge is -2.25. The predicted octanol–water partition coefficient (Wildman–Crippen LogP) is 1.45. The SMILES string of the molecule is CS(=O)(=O)c1cc([N+](=O)[O-])ccc1N1CC[C@H](N2CC=CC2)C1. The Balaban J connectivity index is 1.89. The summed E-state index contributed by atoms with van der Waals surface area (Å²) in [5, 5.41) is 10.9. The van der Waals surface area contributed by atoms with Crippen LogP contribution < -0.4 is 4.90 Å². The summed E-state index contributed by atoms with van der Waals surface area (Å²) in [5.74, 6) is 0. The van der Waals surface area contributed by atoms with Gasteiger partial charge in [0, 0.05) is 50.6 Å². The lowest BCUT2D eigenvalue weighted by molar-refractivity contribution is -0.385. The van der Waals surface area contributed by atoms with E-state index in [0.29, 0.717) is 11.7 Å². The second-order valence-electron chi connectivity index (χ2n) is 6.00. The van der Waals surface area contributed by atoms with Crippen LogP contribution in [0.5, 0.6) is 0 Å². The van der Waals surface area contributed by atoms with Gasteiger partial charge >= 0.3 is 0 Å². The Bertz CT molecular complexity index is 752. The zero-order valence-corrected chi connectivity index (χ0v) is 13.7. The number of benzene rings is 1. The summed E-state index contributed by atoms with van der Waals surface area (Å²) in [6.45, 7) is 3.35. The Morgan fingerprint density at radius 1 is 1.26 bits per heavy atom. The van der Waals surface area contributed by atoms with Crippen molar-refractivity contribution in [2.45, 2.75) is 17.4 Å². The van der Waals surface area contributed by atoms with Crippen molar-refractivity contribution in [3.63, 3.8) is 0 Å². The van der Waals surface area contributed by atoms with E-state index in [1.54, 1.807) is 6.07 Å². The molecule has 0 amide bonds. The molecule has 1 aromatic carbocycles. The van der Waals surface area contributed by atoms with E-state index in [-0.39, 0.29) is 10.6 Å². The number of nitro benzene ring substituents is 1. The highest BCUT2D eigenvalue weighted by molar-refractivity contribution is 7.90. The minimum Gasteiger partial charge on any atom is -0.369 e. The molecule has 0 N–H and O–H groups in total. The third-order valence-corrected chi connectivity index (χ3v) is 5.55. The molecule has 0 unspecified atom stereocenters. The number of non-ortho nitro benzene ring substituents is 1. The minimum atomic E-state index is -3.54. The molecule has 124 valence electrons. The molecule has 0 aromatic heterocycles. The van der Waals surface area contributed by atoms with E-state index in [2.05, 4.69) is 17.1 Å². The number of anilines is 1. The lowest BCUT2D eigenvalue weighted by atomic mass is 10.2. The monoisotopic (exact) mass is 337 g/mol. The van der Waals surface area contributed by atoms with Crippen LogP contribution in [0.4, 0.5) is 11.4 Å². The highest BCUT2D eigenvalue weighted by Gasteiger charge is 2.31. The average molecular weight is 337 g/mol. The molecule has 2 aliphatic rings. The van der Waals surface area contributed by atoms with Crippen molar-refractivity contribution >= 4 is 21.2 Å². The molecule has 0 spiro atoms. The number of nitro groups is 1. The van der Waals surface area contributed by atoms with E-state index >= 15 is 0 Å². The summed E-state index contributed by atoms with van der Waals surface area (Å²) in [6, 6.07) is 4.47. The van der Waals surface area contributed by atoms with Gasteiger partial charge in [0.1, 0.15) is 0 Å². The van der Waals surface area contributed by atoms with Gasteiger partial charge < -0.3 is 4.90 Å². The third kappa shape index (κ3) is 3.23. The normalized spacial score (nSPS) is 22.0. The summed E-state index contributed by atoms with van der Waals surface area (Å²) in [6.07, 6.45) is 6.32. The Morgan fingerprint density at radius 3 is 2.57 bits per heavy atom. The molecule has 3 rings (SSSR count). The molecular weight excluding hydrogens is 318 g/mol. The van der Waals surface area contributed by atoms with Gasteiger partial charge in [0.15, 0.2) is 9.84 Å². The average Bonchev–Trinajstić information content (AvgIpc) is 3.16. The number of hydrogen-bond donors (Lipinski definition) is 0. The first-order valence-corrected chi connectivity index (χ1v) is 9.38. The van der Waals surface area contributed by atoms with Crippen molar-refractivity contribution in [3.05, 3.63) is 40.5 Å². The van der Waals surface area contributed by atoms with Crippen molar-refractivity contribution in [1.29, 1.82) is 0 Å². The maximum absolute atomic E-state index is 12.1. The third-order valence-electron chi connectivity index (χ3n) is 4.42. The van der Waals surface area contributed by atoms with Crippen molar-refractivity contribution in [2.75, 3.05) is 37.3 Å². The predicted molar refractivity (Wildman–Crippen MR) is 87.5 cm³/mol. The maximum Gasteiger partial charge on any atom is 0.270 e. The van der Waals surface area contributed by atoms with Crippen molar-refractivity contribution in [1.82, 2.24) is 4.90 Å². The van der Waals surface area contributed by atoms with Crippen molar-refractivity contribution < 1.29 is 13.3 Å². The molecule has 2 heterocycles. The zero-order valence-electron chi connectivity index (χ0n) is 12.9. The molecule has 0 aliphatic carbocycles. The van der Waals surface area contributed by atoms with Gasteiger partial charge in [-0.15, -0.1) is 0 Å². The van der Waals surface area contributed by atoms with E-state index < -0.39 is 14.8 Å². The fourth-order valence-electron chi connectivity index (χ4n) is 3.23. The molecule has 8 heteroatoms. The van der Waals surface area contributed by atoms with Crippen LogP contribution in [0.15, 0.2) is 35.2 Å². The summed E-state index contributed by atoms with van der Waals surface area (Å²) in [7, 11) is -3.54. The first-order valence-electron chi connectivity index (χ1n) is 7.49. The molecular formula is C15H19N3O4S. The number of hydrogen-bond acceptors (Lipinski definition) is 6. The summed E-state index contributed by atoms with van der Waals surface area (Å²) in [5.41, 5.74) is 0.362. The van der Waals surface area contributed by atoms with Gasteiger partial charge in [-0.3, -0.25) is 15.0 Å². The van der Waals surface area contributed by atoms with Crippen LogP contribution in [-0.2, 0) is 9.84 Å². The van der Waals surface area contributed by atoms with E-state index in [1.165, 1.54) is 6.07 Å². The second kappa shape index (κ2) is 5.93. The topological polar surface area (TPSA) is 83.8 Å². The van der Waals surface area contributed by atoms with Crippen LogP contribution >= 0.6 is 0 Å². The van der Waals surface area contributed by atoms with Gasteiger partial charge in [0.2, 0.25) is 0 Å². The number of nitrogens with zero attached hydrogens (tertiary/aromatic N) is 3. The molecule has 1 fully saturated rings. The Labute approximate surface area is 135 Å². The van der Waals surface area contributed by atoms with Crippen molar-refractivity contribution in [3.8, 4) is 0 Å². The van der Waals surface area contributed by atoms with E-state index in [4.69, 9.17) is 0 Å². The Kier molecular flexibility index (Phi) is 4.11. The molecule has 2 aliphatic heterocycles. The first kappa shape index (κ1) is 15.9. The van der Waals surface area contributed by atoms with Gasteiger partial charge in [-0.1, -0.05) is 12.2 Å². The molecule has 0 bridgehead atoms. The Morgan fingerprint density at radius 2 is 1.96 bits per heavy atom. The van der Waals surface area contributed by atoms with Gasteiger partial charge in [-0.25, -0.2) is 8.42 Å². The van der Waals surface area contributed by atoms with E-state index in [0.717, 1.165) is 44.9 Å². The number of rotatable bonds is 4. The molecule has 1 atom stereocenters. The fraction of sp³-hybridized carbons (Fsp3) is 0.467. The lowest BCUT2D eigenvalue weighted by Crippen LogP contribution is -2.35. The van der Waals surface area contributed by atoms with Crippen LogP contribution in [0.2, 0.25) is 0 Å². The first-order chi connectivity index (χ1) is 10.9. The van der Waals surface area contributed by atoms with Gasteiger partial charge in [0.25, 0.3) is 5.69 Å². The van der Waals surface area contributed by atoms with Gasteiger partial charge in [0.05, 0.1) is 15.5 Å². The summed E-state index contributed by atoms with van der Waals surface area (Å²) < 4.78 is 24.1. The molecule has 0 radical (unpaired) electrons. The van der Waals surface area contributed by atoms with Crippen LogP contribution in [0.25, 0.3) is 0 Å². The Hall–Kier alpha value is -1.93. The van der Waals surface area contributed by atoms with E-state index in [1.807, 2.05) is 4.90 Å². The van der Waals surface area contributed by atoms with Crippen LogP contribution in [-0.4, -0.2) is 56.7 Å². The van der Waals surface area contributed by atoms with Crippen LogP contribution in [0.3, 0.4) is 0 Å². The van der Waals surface area contributed by atoms with Gasteiger partial charge in [-0.2, -0.15) is 0 Å². The maximum atomic E-state index is 12.1. The molecule has 7 nitrogen and oxygen atoms in total.